The second-order valence-electron chi connectivity index (χ2n) is 5.92. The van der Waals surface area contributed by atoms with Crippen LogP contribution in [0.5, 0.6) is 0 Å². The Kier molecular flexibility index (Phi) is 2.53. The maximum atomic E-state index is 12.4. The molecule has 2 aliphatic carbocycles. The molecular weight excluding hydrogens is 198 g/mol. The van der Waals surface area contributed by atoms with Gasteiger partial charge in [0.2, 0.25) is 5.91 Å². The molecule has 0 spiro atoms. The van der Waals surface area contributed by atoms with Gasteiger partial charge in [-0.25, -0.2) is 0 Å². The van der Waals surface area contributed by atoms with E-state index in [9.17, 15) is 4.79 Å². The van der Waals surface area contributed by atoms with Crippen LogP contribution in [0.3, 0.4) is 0 Å². The molecule has 3 aliphatic rings. The Bertz CT molecular complexity index is 323. The lowest BCUT2D eigenvalue weighted by Crippen LogP contribution is -2.43. The van der Waals surface area contributed by atoms with Gasteiger partial charge in [0.1, 0.15) is 0 Å². The molecule has 2 fully saturated rings. The number of hydrogen-bond donors (Lipinski definition) is 0. The zero-order valence-electron chi connectivity index (χ0n) is 10.1. The summed E-state index contributed by atoms with van der Waals surface area (Å²) < 4.78 is 0. The Hall–Kier alpha value is -0.790. The van der Waals surface area contributed by atoms with E-state index in [4.69, 9.17) is 0 Å². The van der Waals surface area contributed by atoms with Gasteiger partial charge in [-0.3, -0.25) is 4.79 Å². The van der Waals surface area contributed by atoms with E-state index < -0.39 is 0 Å². The van der Waals surface area contributed by atoms with Crippen LogP contribution in [0.1, 0.15) is 32.6 Å². The van der Waals surface area contributed by atoms with E-state index >= 15 is 0 Å². The summed E-state index contributed by atoms with van der Waals surface area (Å²) in [4.78, 5) is 14.6. The fourth-order valence-corrected chi connectivity index (χ4v) is 3.69. The first-order chi connectivity index (χ1) is 7.74. The molecule has 1 heterocycles. The van der Waals surface area contributed by atoms with Crippen molar-refractivity contribution < 1.29 is 4.79 Å². The second-order valence-corrected chi connectivity index (χ2v) is 5.92. The van der Waals surface area contributed by atoms with Gasteiger partial charge in [0.05, 0.1) is 0 Å². The third-order valence-electron chi connectivity index (χ3n) is 4.56. The number of piperidine rings is 1. The van der Waals surface area contributed by atoms with Gasteiger partial charge in [-0.2, -0.15) is 0 Å². The highest BCUT2D eigenvalue weighted by molar-refractivity contribution is 5.80. The normalized spacial score (nSPS) is 41.7. The summed E-state index contributed by atoms with van der Waals surface area (Å²) in [5, 5.41) is 0. The fraction of sp³-hybridized carbons (Fsp3) is 0.786. The number of hydrogen-bond acceptors (Lipinski definition) is 1. The van der Waals surface area contributed by atoms with Crippen LogP contribution in [0.4, 0.5) is 0 Å². The number of allylic oxidation sites excluding steroid dienone is 2. The number of carbonyl (C=O) groups is 1. The van der Waals surface area contributed by atoms with E-state index in [1.165, 1.54) is 19.3 Å². The molecule has 16 heavy (non-hydrogen) atoms. The third-order valence-corrected chi connectivity index (χ3v) is 4.56. The van der Waals surface area contributed by atoms with E-state index in [0.717, 1.165) is 19.5 Å². The highest BCUT2D eigenvalue weighted by atomic mass is 16.2. The van der Waals surface area contributed by atoms with Crippen molar-refractivity contribution in [3.05, 3.63) is 12.2 Å². The molecule has 1 amide bonds. The SMILES string of the molecule is CC1CCCN(C(=O)C2CC3C=CC2C3)C1. The third kappa shape index (κ3) is 1.68. The average molecular weight is 219 g/mol. The van der Waals surface area contributed by atoms with Gasteiger partial charge in [0, 0.05) is 19.0 Å². The van der Waals surface area contributed by atoms with Crippen LogP contribution in [0, 0.1) is 23.7 Å². The van der Waals surface area contributed by atoms with Gasteiger partial charge in [0.25, 0.3) is 0 Å². The van der Waals surface area contributed by atoms with Gasteiger partial charge in [-0.05, 0) is 43.4 Å². The summed E-state index contributed by atoms with van der Waals surface area (Å²) in [6.45, 7) is 4.26. The molecule has 2 bridgehead atoms. The molecule has 0 radical (unpaired) electrons. The topological polar surface area (TPSA) is 20.3 Å². The molecule has 2 nitrogen and oxygen atoms in total. The molecule has 1 saturated heterocycles. The molecule has 2 heteroatoms. The predicted octanol–water partition coefficient (Wildman–Crippen LogP) is 2.46. The minimum atomic E-state index is 0.320. The van der Waals surface area contributed by atoms with E-state index in [1.54, 1.807) is 0 Å². The molecule has 88 valence electrons. The fourth-order valence-electron chi connectivity index (χ4n) is 3.69. The van der Waals surface area contributed by atoms with Crippen molar-refractivity contribution in [2.75, 3.05) is 13.1 Å². The monoisotopic (exact) mass is 219 g/mol. The number of rotatable bonds is 1. The van der Waals surface area contributed by atoms with Gasteiger partial charge < -0.3 is 4.90 Å². The summed E-state index contributed by atoms with van der Waals surface area (Å²) in [6, 6.07) is 0. The molecule has 1 aliphatic heterocycles. The highest BCUT2D eigenvalue weighted by Gasteiger charge is 2.41. The first kappa shape index (κ1) is 10.4. The molecule has 0 aromatic heterocycles. The van der Waals surface area contributed by atoms with Crippen molar-refractivity contribution >= 4 is 5.91 Å². The Morgan fingerprint density at radius 1 is 1.31 bits per heavy atom. The van der Waals surface area contributed by atoms with Gasteiger partial charge in [-0.1, -0.05) is 19.1 Å². The number of likely N-dealkylation sites (tertiary alicyclic amines) is 1. The number of nitrogens with zero attached hydrogens (tertiary/aromatic N) is 1. The van der Waals surface area contributed by atoms with Crippen molar-refractivity contribution in [1.29, 1.82) is 0 Å². The lowest BCUT2D eigenvalue weighted by molar-refractivity contribution is -0.138. The van der Waals surface area contributed by atoms with E-state index in [1.807, 2.05) is 0 Å². The van der Waals surface area contributed by atoms with Crippen molar-refractivity contribution in [2.45, 2.75) is 32.6 Å². The molecule has 1 saturated carbocycles. The molecule has 0 N–H and O–H groups in total. The molecule has 0 aromatic carbocycles. The van der Waals surface area contributed by atoms with E-state index in [-0.39, 0.29) is 0 Å². The molecule has 3 rings (SSSR count). The molecular formula is C14H21NO. The van der Waals surface area contributed by atoms with Crippen molar-refractivity contribution in [3.8, 4) is 0 Å². The number of amides is 1. The Balaban J connectivity index is 1.66. The molecule has 4 atom stereocenters. The summed E-state index contributed by atoms with van der Waals surface area (Å²) >= 11 is 0. The first-order valence-electron chi connectivity index (χ1n) is 6.71. The van der Waals surface area contributed by atoms with Gasteiger partial charge >= 0.3 is 0 Å². The number of fused-ring (bicyclic) bond motifs is 2. The Morgan fingerprint density at radius 2 is 2.19 bits per heavy atom. The minimum Gasteiger partial charge on any atom is -0.342 e. The van der Waals surface area contributed by atoms with Crippen LogP contribution in [0.25, 0.3) is 0 Å². The Labute approximate surface area is 97.7 Å². The largest absolute Gasteiger partial charge is 0.342 e. The summed E-state index contributed by atoms with van der Waals surface area (Å²) in [6.07, 6.45) is 9.44. The number of carbonyl (C=O) groups excluding carboxylic acids is 1. The minimum absolute atomic E-state index is 0.320. The van der Waals surface area contributed by atoms with Crippen LogP contribution < -0.4 is 0 Å². The molecule has 0 aromatic rings. The average Bonchev–Trinajstić information content (AvgIpc) is 2.89. The second kappa shape index (κ2) is 3.90. The lowest BCUT2D eigenvalue weighted by atomic mass is 9.90. The van der Waals surface area contributed by atoms with Crippen LogP contribution >= 0.6 is 0 Å². The quantitative estimate of drug-likeness (QED) is 0.620. The summed E-state index contributed by atoms with van der Waals surface area (Å²) in [5.74, 6) is 2.74. The van der Waals surface area contributed by atoms with Crippen LogP contribution in [-0.4, -0.2) is 23.9 Å². The summed E-state index contributed by atoms with van der Waals surface area (Å²) in [7, 11) is 0. The molecule has 4 unspecified atom stereocenters. The maximum absolute atomic E-state index is 12.4. The Morgan fingerprint density at radius 3 is 2.81 bits per heavy atom. The van der Waals surface area contributed by atoms with Crippen LogP contribution in [-0.2, 0) is 4.79 Å². The smallest absolute Gasteiger partial charge is 0.226 e. The van der Waals surface area contributed by atoms with Crippen molar-refractivity contribution in [1.82, 2.24) is 4.90 Å². The van der Waals surface area contributed by atoms with Gasteiger partial charge in [0.15, 0.2) is 0 Å². The van der Waals surface area contributed by atoms with Crippen molar-refractivity contribution in [3.63, 3.8) is 0 Å². The zero-order valence-corrected chi connectivity index (χ0v) is 10.1. The van der Waals surface area contributed by atoms with E-state index in [2.05, 4.69) is 24.0 Å². The zero-order chi connectivity index (χ0) is 11.1. The highest BCUT2D eigenvalue weighted by Crippen LogP contribution is 2.44. The van der Waals surface area contributed by atoms with Crippen LogP contribution in [0.15, 0.2) is 12.2 Å². The standard InChI is InChI=1S/C14H21NO/c1-10-3-2-6-15(9-10)14(16)13-8-11-4-5-12(13)7-11/h4-5,10-13H,2-3,6-9H2,1H3. The summed E-state index contributed by atoms with van der Waals surface area (Å²) in [5.41, 5.74) is 0. The van der Waals surface area contributed by atoms with Crippen LogP contribution in [0.2, 0.25) is 0 Å². The predicted molar refractivity (Wildman–Crippen MR) is 63.8 cm³/mol. The van der Waals surface area contributed by atoms with Crippen molar-refractivity contribution in [2.24, 2.45) is 23.7 Å². The first-order valence-corrected chi connectivity index (χ1v) is 6.71. The lowest BCUT2D eigenvalue weighted by Gasteiger charge is -2.34. The maximum Gasteiger partial charge on any atom is 0.226 e. The van der Waals surface area contributed by atoms with E-state index in [0.29, 0.717) is 29.6 Å². The van der Waals surface area contributed by atoms with Gasteiger partial charge in [-0.15, -0.1) is 0 Å².